The van der Waals surface area contributed by atoms with E-state index in [-0.39, 0.29) is 12.2 Å². The molecule has 0 aromatic carbocycles. The third-order valence-electron chi connectivity index (χ3n) is 3.00. The molecule has 0 amide bonds. The molecule has 1 aliphatic carbocycles. The van der Waals surface area contributed by atoms with E-state index in [1.807, 2.05) is 0 Å². The van der Waals surface area contributed by atoms with E-state index in [9.17, 15) is 0 Å². The van der Waals surface area contributed by atoms with Crippen LogP contribution in [0.3, 0.4) is 0 Å². The van der Waals surface area contributed by atoms with Crippen LogP contribution in [0.25, 0.3) is 0 Å². The minimum absolute atomic E-state index is 0.230. The Kier molecular flexibility index (Phi) is 1.31. The lowest BCUT2D eigenvalue weighted by molar-refractivity contribution is 0.140. The summed E-state index contributed by atoms with van der Waals surface area (Å²) >= 11 is 10.3. The highest BCUT2D eigenvalue weighted by Crippen LogP contribution is 2.47. The van der Waals surface area contributed by atoms with E-state index in [0.717, 1.165) is 22.9 Å². The molecule has 4 heteroatoms. The summed E-state index contributed by atoms with van der Waals surface area (Å²) in [6, 6.07) is 0. The summed E-state index contributed by atoms with van der Waals surface area (Å²) in [6.07, 6.45) is 2.56. The third-order valence-corrected chi connectivity index (χ3v) is 3.74. The molecular formula is C8H8O2S2. The summed E-state index contributed by atoms with van der Waals surface area (Å²) in [6.45, 7) is 0. The number of thiocarbonyl (C=S) groups is 2. The first-order valence-corrected chi connectivity index (χ1v) is 5.00. The maximum absolute atomic E-state index is 5.55. The minimum Gasteiger partial charge on any atom is -0.483 e. The molecular weight excluding hydrogens is 192 g/mol. The molecule has 0 aromatic heterocycles. The zero-order valence-corrected chi connectivity index (χ0v) is 7.99. The quantitative estimate of drug-likeness (QED) is 0.551. The minimum atomic E-state index is 0.230. The molecule has 3 fully saturated rings. The van der Waals surface area contributed by atoms with Gasteiger partial charge in [0.15, 0.2) is 10.1 Å². The Morgan fingerprint density at radius 3 is 1.75 bits per heavy atom. The van der Waals surface area contributed by atoms with Gasteiger partial charge in [-0.25, -0.2) is 0 Å². The van der Waals surface area contributed by atoms with Crippen molar-refractivity contribution in [3.63, 3.8) is 0 Å². The average Bonchev–Trinajstić information content (AvgIpc) is 2.42. The van der Waals surface area contributed by atoms with Crippen LogP contribution in [0.4, 0.5) is 0 Å². The van der Waals surface area contributed by atoms with Gasteiger partial charge in [0, 0.05) is 0 Å². The van der Waals surface area contributed by atoms with Crippen molar-refractivity contribution < 1.29 is 9.47 Å². The fourth-order valence-corrected chi connectivity index (χ4v) is 3.31. The van der Waals surface area contributed by atoms with Gasteiger partial charge in [0.1, 0.15) is 12.2 Å². The topological polar surface area (TPSA) is 18.5 Å². The van der Waals surface area contributed by atoms with Gasteiger partial charge in [0.25, 0.3) is 0 Å². The molecule has 2 nitrogen and oxygen atoms in total. The van der Waals surface area contributed by atoms with Crippen LogP contribution < -0.4 is 0 Å². The van der Waals surface area contributed by atoms with Crippen molar-refractivity contribution in [2.45, 2.75) is 25.0 Å². The highest BCUT2D eigenvalue weighted by Gasteiger charge is 2.57. The monoisotopic (exact) mass is 200 g/mol. The molecule has 3 aliphatic rings. The Balaban J connectivity index is 2.08. The SMILES string of the molecule is S=C1OC2CCC3OC(=S)C2C13. The number of hydrogen-bond donors (Lipinski definition) is 0. The molecule has 2 saturated heterocycles. The number of ether oxygens (including phenoxy) is 2. The van der Waals surface area contributed by atoms with Crippen molar-refractivity contribution in [2.75, 3.05) is 0 Å². The lowest BCUT2D eigenvalue weighted by Crippen LogP contribution is -2.29. The van der Waals surface area contributed by atoms with Crippen LogP contribution in [0.2, 0.25) is 0 Å². The second-order valence-electron chi connectivity index (χ2n) is 3.58. The second kappa shape index (κ2) is 2.17. The molecule has 64 valence electrons. The second-order valence-corrected chi connectivity index (χ2v) is 4.38. The molecule has 2 aliphatic heterocycles. The maximum atomic E-state index is 5.55. The van der Waals surface area contributed by atoms with Crippen molar-refractivity contribution in [3.05, 3.63) is 0 Å². The van der Waals surface area contributed by atoms with Crippen LogP contribution in [0.1, 0.15) is 12.8 Å². The predicted molar refractivity (Wildman–Crippen MR) is 51.2 cm³/mol. The first-order chi connectivity index (χ1) is 5.77. The van der Waals surface area contributed by atoms with Crippen LogP contribution in [0.5, 0.6) is 0 Å². The van der Waals surface area contributed by atoms with E-state index in [2.05, 4.69) is 0 Å². The number of rotatable bonds is 0. The first kappa shape index (κ1) is 7.21. The zero-order valence-electron chi connectivity index (χ0n) is 6.36. The molecule has 0 radical (unpaired) electrons. The van der Waals surface area contributed by atoms with E-state index in [4.69, 9.17) is 33.9 Å². The summed E-state index contributed by atoms with van der Waals surface area (Å²) in [4.78, 5) is 0. The standard InChI is InChI=1S/C8H8O2S2/c11-7-5-3-1-2-4(10-7)6(5)8(12)9-3/h3-6H,1-2H2. The van der Waals surface area contributed by atoms with Crippen molar-refractivity contribution in [2.24, 2.45) is 11.8 Å². The largest absolute Gasteiger partial charge is 0.483 e. The molecule has 2 heterocycles. The smallest absolute Gasteiger partial charge is 0.167 e. The molecule has 4 unspecified atom stereocenters. The van der Waals surface area contributed by atoms with Crippen molar-refractivity contribution in [1.29, 1.82) is 0 Å². The highest BCUT2D eigenvalue weighted by molar-refractivity contribution is 7.80. The van der Waals surface area contributed by atoms with Gasteiger partial charge >= 0.3 is 0 Å². The maximum Gasteiger partial charge on any atom is 0.167 e. The first-order valence-electron chi connectivity index (χ1n) is 4.18. The highest BCUT2D eigenvalue weighted by atomic mass is 32.1. The zero-order chi connectivity index (χ0) is 8.29. The van der Waals surface area contributed by atoms with Gasteiger partial charge < -0.3 is 9.47 Å². The lowest BCUT2D eigenvalue weighted by Gasteiger charge is -2.18. The van der Waals surface area contributed by atoms with Crippen LogP contribution >= 0.6 is 24.4 Å². The van der Waals surface area contributed by atoms with Crippen LogP contribution in [-0.4, -0.2) is 22.3 Å². The van der Waals surface area contributed by atoms with Gasteiger partial charge in [-0.1, -0.05) is 0 Å². The third kappa shape index (κ3) is 0.702. The van der Waals surface area contributed by atoms with E-state index in [1.165, 1.54) is 0 Å². The fraction of sp³-hybridized carbons (Fsp3) is 0.750. The van der Waals surface area contributed by atoms with Crippen LogP contribution in [-0.2, 0) is 9.47 Å². The summed E-state index contributed by atoms with van der Waals surface area (Å²) in [5.74, 6) is 0.595. The Morgan fingerprint density at radius 2 is 1.33 bits per heavy atom. The summed E-state index contributed by atoms with van der Waals surface area (Å²) in [5, 5.41) is 1.46. The fourth-order valence-electron chi connectivity index (χ4n) is 2.47. The Labute approximate surface area is 81.2 Å². The van der Waals surface area contributed by atoms with Gasteiger partial charge in [-0.3, -0.25) is 0 Å². The molecule has 1 saturated carbocycles. The normalized spacial score (nSPS) is 49.0. The van der Waals surface area contributed by atoms with Crippen molar-refractivity contribution >= 4 is 34.5 Å². The van der Waals surface area contributed by atoms with E-state index >= 15 is 0 Å². The Hall–Kier alpha value is -0.220. The van der Waals surface area contributed by atoms with Gasteiger partial charge in [-0.15, -0.1) is 0 Å². The number of hydrogen-bond acceptors (Lipinski definition) is 4. The lowest BCUT2D eigenvalue weighted by atomic mass is 9.81. The predicted octanol–water partition coefficient (Wildman–Crippen LogP) is 1.47. The van der Waals surface area contributed by atoms with E-state index < -0.39 is 0 Å². The molecule has 0 spiro atoms. The van der Waals surface area contributed by atoms with Crippen LogP contribution in [0.15, 0.2) is 0 Å². The van der Waals surface area contributed by atoms with Crippen molar-refractivity contribution in [3.8, 4) is 0 Å². The Bertz CT molecular complexity index is 248. The molecule has 0 N–H and O–H groups in total. The van der Waals surface area contributed by atoms with Crippen molar-refractivity contribution in [1.82, 2.24) is 0 Å². The van der Waals surface area contributed by atoms with Gasteiger partial charge in [0.05, 0.1) is 11.8 Å². The molecule has 12 heavy (non-hydrogen) atoms. The summed E-state index contributed by atoms with van der Waals surface area (Å²) in [7, 11) is 0. The molecule has 4 bridgehead atoms. The van der Waals surface area contributed by atoms with E-state index in [1.54, 1.807) is 0 Å². The van der Waals surface area contributed by atoms with Crippen LogP contribution in [0, 0.1) is 11.8 Å². The van der Waals surface area contributed by atoms with Gasteiger partial charge in [-0.2, -0.15) is 0 Å². The average molecular weight is 200 g/mol. The van der Waals surface area contributed by atoms with Gasteiger partial charge in [0.2, 0.25) is 0 Å². The summed E-state index contributed by atoms with van der Waals surface area (Å²) < 4.78 is 11.1. The molecule has 3 rings (SSSR count). The van der Waals surface area contributed by atoms with Gasteiger partial charge in [-0.05, 0) is 37.3 Å². The summed E-state index contributed by atoms with van der Waals surface area (Å²) in [5.41, 5.74) is 0. The Morgan fingerprint density at radius 1 is 0.917 bits per heavy atom. The molecule has 0 aromatic rings. The molecule has 4 atom stereocenters. The van der Waals surface area contributed by atoms with E-state index in [0.29, 0.717) is 11.8 Å².